The number of amides is 1. The van der Waals surface area contributed by atoms with E-state index >= 15 is 0 Å². The quantitative estimate of drug-likeness (QED) is 0.642. The minimum atomic E-state index is -0.415. The second kappa shape index (κ2) is 9.07. The number of nitrogens with one attached hydrogen (secondary N) is 1. The molecule has 0 atom stereocenters. The highest BCUT2D eigenvalue weighted by atomic mass is 16.5. The first-order valence-corrected chi connectivity index (χ1v) is 10.3. The minimum Gasteiger partial charge on any atom is -0.497 e. The summed E-state index contributed by atoms with van der Waals surface area (Å²) >= 11 is 0. The molecule has 0 spiro atoms. The highest BCUT2D eigenvalue weighted by Gasteiger charge is 2.16. The zero-order chi connectivity index (χ0) is 21.8. The van der Waals surface area contributed by atoms with Crippen LogP contribution < -0.4 is 25.4 Å². The van der Waals surface area contributed by atoms with Crippen molar-refractivity contribution < 1.29 is 14.3 Å². The van der Waals surface area contributed by atoms with Gasteiger partial charge in [-0.15, -0.1) is 5.10 Å². The topological polar surface area (TPSA) is 103 Å². The van der Waals surface area contributed by atoms with Crippen LogP contribution in [0.2, 0.25) is 0 Å². The fourth-order valence-electron chi connectivity index (χ4n) is 3.70. The molecule has 1 N–H and O–H groups in total. The first kappa shape index (κ1) is 20.7. The van der Waals surface area contributed by atoms with Gasteiger partial charge in [0.2, 0.25) is 5.91 Å². The first-order valence-electron chi connectivity index (χ1n) is 10.3. The maximum absolute atomic E-state index is 12.7. The van der Waals surface area contributed by atoms with E-state index in [1.54, 1.807) is 31.5 Å². The molecular formula is C21H26N6O4. The predicted octanol–water partition coefficient (Wildman–Crippen LogP) is 1.93. The van der Waals surface area contributed by atoms with Gasteiger partial charge in [-0.05, 0) is 31.0 Å². The SMILES string of the molecule is COc1ccc(NC(=O)Cn2nc3nc(N4CCCCCC4)ccn3c2=O)c(OC)c1. The molecular weight excluding hydrogens is 400 g/mol. The summed E-state index contributed by atoms with van der Waals surface area (Å²) in [5.41, 5.74) is 0.0634. The van der Waals surface area contributed by atoms with Crippen molar-refractivity contribution >= 4 is 23.2 Å². The van der Waals surface area contributed by atoms with Crippen molar-refractivity contribution in [2.24, 2.45) is 0 Å². The van der Waals surface area contributed by atoms with Crippen molar-refractivity contribution in [2.45, 2.75) is 32.2 Å². The minimum absolute atomic E-state index is 0.240. The number of methoxy groups -OCH3 is 2. The lowest BCUT2D eigenvalue weighted by molar-refractivity contribution is -0.117. The molecule has 3 heterocycles. The Kier molecular flexibility index (Phi) is 6.06. The third-order valence-corrected chi connectivity index (χ3v) is 5.35. The molecule has 0 unspecified atom stereocenters. The number of nitrogens with zero attached hydrogens (tertiary/aromatic N) is 5. The lowest BCUT2D eigenvalue weighted by atomic mass is 10.2. The second-order valence-electron chi connectivity index (χ2n) is 7.41. The summed E-state index contributed by atoms with van der Waals surface area (Å²) in [6.07, 6.45) is 6.37. The molecule has 1 aromatic carbocycles. The van der Waals surface area contributed by atoms with Gasteiger partial charge in [0, 0.05) is 25.4 Å². The van der Waals surface area contributed by atoms with Gasteiger partial charge in [0.1, 0.15) is 23.9 Å². The van der Waals surface area contributed by atoms with Gasteiger partial charge in [-0.1, -0.05) is 12.8 Å². The highest BCUT2D eigenvalue weighted by molar-refractivity contribution is 5.92. The largest absolute Gasteiger partial charge is 0.497 e. The van der Waals surface area contributed by atoms with Gasteiger partial charge in [0.25, 0.3) is 5.78 Å². The molecule has 0 radical (unpaired) electrons. The lowest BCUT2D eigenvalue weighted by Gasteiger charge is -2.20. The molecule has 0 saturated carbocycles. The number of hydrogen-bond donors (Lipinski definition) is 1. The average molecular weight is 426 g/mol. The van der Waals surface area contributed by atoms with E-state index in [2.05, 4.69) is 20.3 Å². The summed E-state index contributed by atoms with van der Waals surface area (Å²) in [4.78, 5) is 32.0. The van der Waals surface area contributed by atoms with E-state index in [4.69, 9.17) is 9.47 Å². The predicted molar refractivity (Wildman–Crippen MR) is 116 cm³/mol. The molecule has 0 bridgehead atoms. The molecule has 3 aromatic rings. The molecule has 10 heteroatoms. The van der Waals surface area contributed by atoms with Gasteiger partial charge in [-0.2, -0.15) is 4.98 Å². The van der Waals surface area contributed by atoms with E-state index in [0.29, 0.717) is 17.2 Å². The van der Waals surface area contributed by atoms with Crippen LogP contribution in [0.5, 0.6) is 11.5 Å². The second-order valence-corrected chi connectivity index (χ2v) is 7.41. The number of rotatable bonds is 6. The molecule has 1 saturated heterocycles. The van der Waals surface area contributed by atoms with Crippen molar-refractivity contribution in [3.63, 3.8) is 0 Å². The molecule has 10 nitrogen and oxygen atoms in total. The summed E-state index contributed by atoms with van der Waals surface area (Å²) in [5.74, 6) is 1.75. The highest BCUT2D eigenvalue weighted by Crippen LogP contribution is 2.29. The van der Waals surface area contributed by atoms with Crippen LogP contribution in [0, 0.1) is 0 Å². The van der Waals surface area contributed by atoms with Gasteiger partial charge >= 0.3 is 5.69 Å². The van der Waals surface area contributed by atoms with E-state index < -0.39 is 11.6 Å². The Hall–Kier alpha value is -3.56. The zero-order valence-corrected chi connectivity index (χ0v) is 17.7. The van der Waals surface area contributed by atoms with E-state index in [0.717, 1.165) is 36.4 Å². The Labute approximate surface area is 179 Å². The van der Waals surface area contributed by atoms with Gasteiger partial charge < -0.3 is 19.7 Å². The third-order valence-electron chi connectivity index (χ3n) is 5.35. The third kappa shape index (κ3) is 4.47. The van der Waals surface area contributed by atoms with E-state index in [1.165, 1.54) is 24.4 Å². The molecule has 4 rings (SSSR count). The van der Waals surface area contributed by atoms with Crippen LogP contribution in [0.25, 0.3) is 5.78 Å². The number of aromatic nitrogens is 4. The van der Waals surface area contributed by atoms with Crippen LogP contribution in [0.3, 0.4) is 0 Å². The van der Waals surface area contributed by atoms with Gasteiger partial charge in [0.05, 0.1) is 19.9 Å². The Bertz CT molecular complexity index is 1130. The molecule has 1 amide bonds. The van der Waals surface area contributed by atoms with Crippen molar-refractivity contribution in [1.82, 2.24) is 19.2 Å². The summed E-state index contributed by atoms with van der Waals surface area (Å²) in [6, 6.07) is 6.88. The van der Waals surface area contributed by atoms with Crippen LogP contribution in [0.1, 0.15) is 25.7 Å². The average Bonchev–Trinajstić information content (AvgIpc) is 2.96. The monoisotopic (exact) mass is 426 g/mol. The van der Waals surface area contributed by atoms with Crippen molar-refractivity contribution in [1.29, 1.82) is 0 Å². The fraction of sp³-hybridized carbons (Fsp3) is 0.429. The molecule has 1 fully saturated rings. The van der Waals surface area contributed by atoms with Crippen LogP contribution in [-0.4, -0.2) is 52.4 Å². The van der Waals surface area contributed by atoms with Crippen LogP contribution in [0.4, 0.5) is 11.5 Å². The van der Waals surface area contributed by atoms with Gasteiger partial charge in [-0.3, -0.25) is 4.79 Å². The van der Waals surface area contributed by atoms with E-state index in [-0.39, 0.29) is 12.3 Å². The number of anilines is 2. The maximum atomic E-state index is 12.7. The summed E-state index contributed by atoms with van der Waals surface area (Å²) in [6.45, 7) is 1.65. The van der Waals surface area contributed by atoms with Crippen molar-refractivity contribution in [3.8, 4) is 11.5 Å². The zero-order valence-electron chi connectivity index (χ0n) is 17.7. The molecule has 1 aliphatic heterocycles. The normalized spacial score (nSPS) is 14.3. The summed E-state index contributed by atoms with van der Waals surface area (Å²) < 4.78 is 12.9. The number of fused-ring (bicyclic) bond motifs is 1. The van der Waals surface area contributed by atoms with Crippen LogP contribution in [-0.2, 0) is 11.3 Å². The molecule has 1 aliphatic rings. The van der Waals surface area contributed by atoms with E-state index in [9.17, 15) is 9.59 Å². The summed E-state index contributed by atoms with van der Waals surface area (Å²) in [5, 5.41) is 7.01. The Balaban J connectivity index is 1.52. The molecule has 31 heavy (non-hydrogen) atoms. The van der Waals surface area contributed by atoms with Gasteiger partial charge in [-0.25, -0.2) is 13.9 Å². The fourth-order valence-corrected chi connectivity index (χ4v) is 3.70. The number of benzene rings is 1. The molecule has 164 valence electrons. The number of hydrogen-bond acceptors (Lipinski definition) is 7. The Morgan fingerprint density at radius 3 is 2.58 bits per heavy atom. The molecule has 0 aliphatic carbocycles. The standard InChI is InChI=1S/C21H26N6O4/c1-30-15-7-8-16(17(13-15)31-2)22-19(28)14-27-21(29)26-12-9-18(23-20(26)24-27)25-10-5-3-4-6-11-25/h7-9,12-13H,3-6,10-11,14H2,1-2H3,(H,22,28). The van der Waals surface area contributed by atoms with Crippen molar-refractivity contribution in [3.05, 3.63) is 40.9 Å². The smallest absolute Gasteiger partial charge is 0.352 e. The number of carbonyl (C=O) groups is 1. The first-order chi connectivity index (χ1) is 15.1. The number of carbonyl (C=O) groups excluding carboxylic acids is 1. The Morgan fingerprint density at radius 1 is 1.10 bits per heavy atom. The van der Waals surface area contributed by atoms with Crippen molar-refractivity contribution in [2.75, 3.05) is 37.5 Å². The van der Waals surface area contributed by atoms with Crippen LogP contribution >= 0.6 is 0 Å². The maximum Gasteiger partial charge on any atom is 0.352 e. The van der Waals surface area contributed by atoms with Gasteiger partial charge in [0.15, 0.2) is 0 Å². The number of ether oxygens (including phenoxy) is 2. The van der Waals surface area contributed by atoms with Crippen LogP contribution in [0.15, 0.2) is 35.3 Å². The Morgan fingerprint density at radius 2 is 1.87 bits per heavy atom. The molecule has 2 aromatic heterocycles. The summed E-state index contributed by atoms with van der Waals surface area (Å²) in [7, 11) is 3.06. The van der Waals surface area contributed by atoms with E-state index in [1.807, 2.05) is 6.07 Å². The lowest BCUT2D eigenvalue weighted by Crippen LogP contribution is -2.28.